The molecule has 1 N–H and O–H groups in total. The molecule has 3 aromatic rings. The maximum Gasteiger partial charge on any atom is 0.221 e. The molecule has 0 spiro atoms. The van der Waals surface area contributed by atoms with Gasteiger partial charge in [0.15, 0.2) is 0 Å². The molecule has 23 heavy (non-hydrogen) atoms. The zero-order chi connectivity index (χ0) is 16.0. The lowest BCUT2D eigenvalue weighted by Gasteiger charge is -2.13. The number of hydrogen-bond acceptors (Lipinski definition) is 3. The second-order valence-corrected chi connectivity index (χ2v) is 6.02. The lowest BCUT2D eigenvalue weighted by atomic mass is 9.97. The Kier molecular flexibility index (Phi) is 3.22. The van der Waals surface area contributed by atoms with E-state index in [2.05, 4.69) is 29.6 Å². The summed E-state index contributed by atoms with van der Waals surface area (Å²) in [6.07, 6.45) is 3.24. The van der Waals surface area contributed by atoms with Crippen molar-refractivity contribution in [3.8, 4) is 0 Å². The van der Waals surface area contributed by atoms with Crippen LogP contribution in [0.3, 0.4) is 0 Å². The van der Waals surface area contributed by atoms with Crippen molar-refractivity contribution in [2.75, 3.05) is 0 Å². The van der Waals surface area contributed by atoms with Gasteiger partial charge in [0, 0.05) is 19.0 Å². The number of carbonyl (C=O) groups is 1. The van der Waals surface area contributed by atoms with Crippen molar-refractivity contribution in [1.29, 1.82) is 0 Å². The van der Waals surface area contributed by atoms with Crippen LogP contribution in [0.1, 0.15) is 47.7 Å². The Hall–Kier alpha value is -2.56. The number of aryl methyl sites for hydroxylation is 2. The molecular formula is C18H19N3O2. The molecule has 1 amide bonds. The topological polar surface area (TPSA) is 59.5 Å². The lowest BCUT2D eigenvalue weighted by molar-refractivity contribution is -0.121. The molecule has 0 aromatic carbocycles. The lowest BCUT2D eigenvalue weighted by Crippen LogP contribution is -2.21. The number of imidazole rings is 1. The Labute approximate surface area is 134 Å². The van der Waals surface area contributed by atoms with Gasteiger partial charge in [-0.3, -0.25) is 4.79 Å². The highest BCUT2D eigenvalue weighted by Crippen LogP contribution is 2.34. The minimum absolute atomic E-state index is 0.0313. The summed E-state index contributed by atoms with van der Waals surface area (Å²) in [4.78, 5) is 16.9. The molecule has 0 radical (unpaired) electrons. The maximum absolute atomic E-state index is 12.1. The van der Waals surface area contributed by atoms with Crippen LogP contribution in [0.25, 0.3) is 5.65 Å². The van der Waals surface area contributed by atoms with Crippen LogP contribution in [0.4, 0.5) is 0 Å². The van der Waals surface area contributed by atoms with Crippen LogP contribution in [0, 0.1) is 6.92 Å². The average molecular weight is 309 g/mol. The van der Waals surface area contributed by atoms with Gasteiger partial charge in [-0.15, -0.1) is 0 Å². The predicted molar refractivity (Wildman–Crippen MR) is 86.3 cm³/mol. The molecule has 0 saturated heterocycles. The standard InChI is InChI=1S/C18H19N3O2/c1-3-12-6-7-15(23-12)13-9-16(22)19-10-14-17(13)21-8-4-5-11(2)18(21)20-14/h4-8,13H,3,9-10H2,1-2H3,(H,19,22)/t13-/m0/s1. The van der Waals surface area contributed by atoms with Crippen LogP contribution in [-0.4, -0.2) is 15.3 Å². The molecule has 4 rings (SSSR count). The Morgan fingerprint density at radius 2 is 2.26 bits per heavy atom. The Morgan fingerprint density at radius 3 is 3.04 bits per heavy atom. The Balaban J connectivity index is 1.94. The van der Waals surface area contributed by atoms with E-state index in [0.29, 0.717) is 13.0 Å². The minimum Gasteiger partial charge on any atom is -0.465 e. The van der Waals surface area contributed by atoms with Gasteiger partial charge in [-0.1, -0.05) is 13.0 Å². The van der Waals surface area contributed by atoms with Gasteiger partial charge in [-0.05, 0) is 30.7 Å². The van der Waals surface area contributed by atoms with E-state index in [1.165, 1.54) is 0 Å². The van der Waals surface area contributed by atoms with E-state index in [1.54, 1.807) is 0 Å². The summed E-state index contributed by atoms with van der Waals surface area (Å²) in [7, 11) is 0. The summed E-state index contributed by atoms with van der Waals surface area (Å²) >= 11 is 0. The van der Waals surface area contributed by atoms with E-state index in [4.69, 9.17) is 9.40 Å². The number of aromatic nitrogens is 2. The molecule has 3 aromatic heterocycles. The van der Waals surface area contributed by atoms with Crippen molar-refractivity contribution in [2.24, 2.45) is 0 Å². The molecule has 0 fully saturated rings. The van der Waals surface area contributed by atoms with Crippen LogP contribution in [-0.2, 0) is 17.8 Å². The van der Waals surface area contributed by atoms with Gasteiger partial charge in [0.05, 0.1) is 23.9 Å². The molecular weight excluding hydrogens is 290 g/mol. The first-order chi connectivity index (χ1) is 11.2. The molecule has 0 bridgehead atoms. The monoisotopic (exact) mass is 309 g/mol. The van der Waals surface area contributed by atoms with Crippen molar-refractivity contribution >= 4 is 11.6 Å². The number of rotatable bonds is 2. The summed E-state index contributed by atoms with van der Waals surface area (Å²) in [5, 5.41) is 2.95. The number of nitrogens with one attached hydrogen (secondary N) is 1. The molecule has 1 atom stereocenters. The highest BCUT2D eigenvalue weighted by Gasteiger charge is 2.31. The van der Waals surface area contributed by atoms with E-state index in [0.717, 1.165) is 40.5 Å². The zero-order valence-electron chi connectivity index (χ0n) is 13.3. The predicted octanol–water partition coefficient (Wildman–Crippen LogP) is 2.95. The van der Waals surface area contributed by atoms with E-state index in [-0.39, 0.29) is 11.8 Å². The Bertz CT molecular complexity index is 891. The van der Waals surface area contributed by atoms with Crippen molar-refractivity contribution in [2.45, 2.75) is 39.2 Å². The summed E-state index contributed by atoms with van der Waals surface area (Å²) < 4.78 is 8.06. The summed E-state index contributed by atoms with van der Waals surface area (Å²) in [6.45, 7) is 4.58. The maximum atomic E-state index is 12.1. The third kappa shape index (κ3) is 2.23. The fourth-order valence-corrected chi connectivity index (χ4v) is 3.31. The number of pyridine rings is 1. The van der Waals surface area contributed by atoms with Gasteiger partial charge in [-0.25, -0.2) is 4.98 Å². The normalized spacial score (nSPS) is 17.8. The third-order valence-corrected chi connectivity index (χ3v) is 4.51. The Morgan fingerprint density at radius 1 is 1.39 bits per heavy atom. The first kappa shape index (κ1) is 14.1. The second-order valence-electron chi connectivity index (χ2n) is 6.02. The van der Waals surface area contributed by atoms with Gasteiger partial charge in [0.1, 0.15) is 17.2 Å². The highest BCUT2D eigenvalue weighted by molar-refractivity contribution is 5.78. The second kappa shape index (κ2) is 5.26. The zero-order valence-corrected chi connectivity index (χ0v) is 13.3. The summed E-state index contributed by atoms with van der Waals surface area (Å²) in [5.41, 5.74) is 4.05. The minimum atomic E-state index is -0.107. The van der Waals surface area contributed by atoms with Gasteiger partial charge in [-0.2, -0.15) is 0 Å². The molecule has 0 unspecified atom stereocenters. The van der Waals surface area contributed by atoms with Crippen LogP contribution in [0.15, 0.2) is 34.9 Å². The molecule has 5 nitrogen and oxygen atoms in total. The quantitative estimate of drug-likeness (QED) is 0.792. The van der Waals surface area contributed by atoms with Crippen LogP contribution < -0.4 is 5.32 Å². The van der Waals surface area contributed by atoms with E-state index in [9.17, 15) is 4.79 Å². The number of nitrogens with zero attached hydrogens (tertiary/aromatic N) is 2. The van der Waals surface area contributed by atoms with E-state index in [1.807, 2.05) is 24.4 Å². The highest BCUT2D eigenvalue weighted by atomic mass is 16.3. The molecule has 0 aliphatic carbocycles. The number of furan rings is 1. The number of amides is 1. The molecule has 118 valence electrons. The van der Waals surface area contributed by atoms with Crippen molar-refractivity contribution in [3.05, 3.63) is 58.9 Å². The fraction of sp³-hybridized carbons (Fsp3) is 0.333. The number of fused-ring (bicyclic) bond motifs is 3. The van der Waals surface area contributed by atoms with Gasteiger partial charge < -0.3 is 14.1 Å². The smallest absolute Gasteiger partial charge is 0.221 e. The van der Waals surface area contributed by atoms with Crippen molar-refractivity contribution in [1.82, 2.24) is 14.7 Å². The largest absolute Gasteiger partial charge is 0.465 e. The van der Waals surface area contributed by atoms with Gasteiger partial charge >= 0.3 is 0 Å². The summed E-state index contributed by atoms with van der Waals surface area (Å²) in [5.74, 6) is 1.70. The average Bonchev–Trinajstić information content (AvgIpc) is 3.12. The molecule has 4 heterocycles. The third-order valence-electron chi connectivity index (χ3n) is 4.51. The van der Waals surface area contributed by atoms with Crippen molar-refractivity contribution < 1.29 is 9.21 Å². The molecule has 1 aliphatic rings. The van der Waals surface area contributed by atoms with Gasteiger partial charge in [0.25, 0.3) is 0 Å². The number of hydrogen-bond donors (Lipinski definition) is 1. The van der Waals surface area contributed by atoms with E-state index < -0.39 is 0 Å². The molecule has 1 aliphatic heterocycles. The summed E-state index contributed by atoms with van der Waals surface area (Å²) in [6, 6.07) is 8.05. The van der Waals surface area contributed by atoms with E-state index >= 15 is 0 Å². The van der Waals surface area contributed by atoms with Crippen LogP contribution in [0.2, 0.25) is 0 Å². The first-order valence-corrected chi connectivity index (χ1v) is 7.99. The first-order valence-electron chi connectivity index (χ1n) is 7.99. The molecule has 0 saturated carbocycles. The number of carbonyl (C=O) groups excluding carboxylic acids is 1. The fourth-order valence-electron chi connectivity index (χ4n) is 3.31. The SMILES string of the molecule is CCc1ccc([C@@H]2CC(=O)NCc3nc4c(C)cccn4c32)o1. The van der Waals surface area contributed by atoms with Crippen LogP contribution >= 0.6 is 0 Å². The van der Waals surface area contributed by atoms with Crippen molar-refractivity contribution in [3.63, 3.8) is 0 Å². The van der Waals surface area contributed by atoms with Crippen LogP contribution in [0.5, 0.6) is 0 Å². The molecule has 5 heteroatoms. The van der Waals surface area contributed by atoms with Gasteiger partial charge in [0.2, 0.25) is 5.91 Å².